The Kier molecular flexibility index (Phi) is 0.889. The molecule has 0 amide bonds. The molecule has 0 aromatic carbocycles. The van der Waals surface area contributed by atoms with Gasteiger partial charge in [-0.05, 0) is 12.1 Å². The van der Waals surface area contributed by atoms with E-state index in [1.165, 1.54) is 0 Å². The van der Waals surface area contributed by atoms with E-state index in [1.807, 2.05) is 22.7 Å². The molecule has 0 unspecified atom stereocenters. The average Bonchev–Trinajstić information content (AvgIpc) is 2.71. The van der Waals surface area contributed by atoms with Crippen molar-refractivity contribution < 1.29 is 0 Å². The van der Waals surface area contributed by atoms with Crippen molar-refractivity contribution in [1.82, 2.24) is 19.4 Å². The molecule has 1 N–H and O–H groups in total. The molecule has 58 valence electrons. The number of hydrogen-bond donors (Lipinski definition) is 1. The van der Waals surface area contributed by atoms with E-state index >= 15 is 0 Å². The van der Waals surface area contributed by atoms with Gasteiger partial charge in [0.25, 0.3) is 0 Å². The maximum absolute atomic E-state index is 4.16. The monoisotopic (exact) mass is 158 g/mol. The first-order chi connectivity index (χ1) is 5.95. The molecule has 0 saturated carbocycles. The van der Waals surface area contributed by atoms with Crippen LogP contribution in [-0.4, -0.2) is 19.4 Å². The molecule has 0 spiro atoms. The largest absolute Gasteiger partial charge is 0.341 e. The van der Waals surface area contributed by atoms with E-state index in [9.17, 15) is 0 Å². The van der Waals surface area contributed by atoms with Gasteiger partial charge in [0.15, 0.2) is 5.65 Å². The van der Waals surface area contributed by atoms with Crippen LogP contribution in [0.5, 0.6) is 0 Å². The third-order valence-corrected chi connectivity index (χ3v) is 1.96. The predicted octanol–water partition coefficient (Wildman–Crippen LogP) is 1.21. The first-order valence-corrected chi connectivity index (χ1v) is 3.70. The number of nitrogens with one attached hydrogen (secondary N) is 1. The van der Waals surface area contributed by atoms with E-state index in [0.29, 0.717) is 0 Å². The summed E-state index contributed by atoms with van der Waals surface area (Å²) in [6.07, 6.45) is 5.38. The van der Waals surface area contributed by atoms with Gasteiger partial charge >= 0.3 is 0 Å². The number of aromatic nitrogens is 4. The van der Waals surface area contributed by atoms with E-state index in [-0.39, 0.29) is 0 Å². The van der Waals surface area contributed by atoms with Gasteiger partial charge in [0.1, 0.15) is 11.8 Å². The second-order valence-corrected chi connectivity index (χ2v) is 2.65. The van der Waals surface area contributed by atoms with Crippen LogP contribution in [0.4, 0.5) is 0 Å². The van der Waals surface area contributed by atoms with Crippen molar-refractivity contribution in [2.75, 3.05) is 0 Å². The molecule has 3 rings (SSSR count). The van der Waals surface area contributed by atoms with Crippen LogP contribution in [0.15, 0.2) is 31.0 Å². The molecule has 3 heterocycles. The summed E-state index contributed by atoms with van der Waals surface area (Å²) >= 11 is 0. The van der Waals surface area contributed by atoms with E-state index in [0.717, 1.165) is 16.7 Å². The van der Waals surface area contributed by atoms with Gasteiger partial charge in [0, 0.05) is 6.20 Å². The quantitative estimate of drug-likeness (QED) is 0.534. The molecular weight excluding hydrogens is 152 g/mol. The van der Waals surface area contributed by atoms with Crippen LogP contribution in [0, 0.1) is 0 Å². The molecular formula is C8H6N4. The van der Waals surface area contributed by atoms with E-state index in [2.05, 4.69) is 15.0 Å². The van der Waals surface area contributed by atoms with Crippen molar-refractivity contribution in [3.05, 3.63) is 31.0 Å². The summed E-state index contributed by atoms with van der Waals surface area (Å²) < 4.78 is 1.96. The third-order valence-electron chi connectivity index (χ3n) is 1.96. The zero-order valence-corrected chi connectivity index (χ0v) is 6.23. The molecule has 0 aliphatic rings. The topological polar surface area (TPSA) is 46.0 Å². The van der Waals surface area contributed by atoms with Crippen LogP contribution in [0.25, 0.3) is 16.7 Å². The lowest BCUT2D eigenvalue weighted by atomic mass is 10.4. The second-order valence-electron chi connectivity index (χ2n) is 2.65. The summed E-state index contributed by atoms with van der Waals surface area (Å²) in [5.74, 6) is 0. The Balaban J connectivity index is 2.71. The van der Waals surface area contributed by atoms with Crippen molar-refractivity contribution in [3.8, 4) is 0 Å². The Morgan fingerprint density at radius 2 is 2.33 bits per heavy atom. The van der Waals surface area contributed by atoms with Crippen LogP contribution in [-0.2, 0) is 0 Å². The molecule has 0 fully saturated rings. The minimum absolute atomic E-state index is 0.765. The van der Waals surface area contributed by atoms with Crippen LogP contribution < -0.4 is 0 Å². The van der Waals surface area contributed by atoms with Crippen LogP contribution in [0.2, 0.25) is 0 Å². The molecule has 3 aromatic heterocycles. The fraction of sp³-hybridized carbons (Fsp3) is 0. The van der Waals surface area contributed by atoms with Crippen LogP contribution in [0.3, 0.4) is 0 Å². The number of imidazole rings is 1. The average molecular weight is 158 g/mol. The Morgan fingerprint density at radius 1 is 1.33 bits per heavy atom. The summed E-state index contributed by atoms with van der Waals surface area (Å²) in [6.45, 7) is 0. The molecule has 0 atom stereocenters. The van der Waals surface area contributed by atoms with Crippen molar-refractivity contribution in [2.24, 2.45) is 0 Å². The number of aromatic amines is 1. The number of hydrogen-bond acceptors (Lipinski definition) is 2. The highest BCUT2D eigenvalue weighted by atomic mass is 15.0. The fourth-order valence-electron chi connectivity index (χ4n) is 1.40. The minimum atomic E-state index is 0.765. The summed E-state index contributed by atoms with van der Waals surface area (Å²) in [6, 6.07) is 4.01. The van der Waals surface area contributed by atoms with E-state index in [1.54, 1.807) is 12.7 Å². The van der Waals surface area contributed by atoms with Gasteiger partial charge in [-0.15, -0.1) is 0 Å². The molecule has 12 heavy (non-hydrogen) atoms. The number of rotatable bonds is 0. The molecule has 0 bridgehead atoms. The minimum Gasteiger partial charge on any atom is -0.341 e. The molecule has 0 aliphatic heterocycles. The zero-order chi connectivity index (χ0) is 7.97. The summed E-state index contributed by atoms with van der Waals surface area (Å²) in [5.41, 5.74) is 2.86. The Labute approximate surface area is 67.9 Å². The Hall–Kier alpha value is -1.84. The first-order valence-electron chi connectivity index (χ1n) is 3.70. The fourth-order valence-corrected chi connectivity index (χ4v) is 1.40. The molecule has 4 heteroatoms. The molecule has 4 nitrogen and oxygen atoms in total. The smallest absolute Gasteiger partial charge is 0.181 e. The van der Waals surface area contributed by atoms with Crippen molar-refractivity contribution in [3.63, 3.8) is 0 Å². The van der Waals surface area contributed by atoms with E-state index in [4.69, 9.17) is 0 Å². The van der Waals surface area contributed by atoms with Gasteiger partial charge < -0.3 is 9.38 Å². The maximum Gasteiger partial charge on any atom is 0.181 e. The summed E-state index contributed by atoms with van der Waals surface area (Å²) in [4.78, 5) is 11.3. The molecule has 0 radical (unpaired) electrons. The van der Waals surface area contributed by atoms with Gasteiger partial charge in [-0.2, -0.15) is 0 Å². The van der Waals surface area contributed by atoms with Gasteiger partial charge in [-0.1, -0.05) is 0 Å². The van der Waals surface area contributed by atoms with Gasteiger partial charge in [0.05, 0.1) is 11.8 Å². The first kappa shape index (κ1) is 5.77. The lowest BCUT2D eigenvalue weighted by Gasteiger charge is -1.92. The summed E-state index contributed by atoms with van der Waals surface area (Å²) in [7, 11) is 0. The zero-order valence-electron chi connectivity index (χ0n) is 6.23. The number of nitrogens with zero attached hydrogens (tertiary/aromatic N) is 3. The Bertz CT molecular complexity index is 484. The summed E-state index contributed by atoms with van der Waals surface area (Å²) in [5, 5.41) is 0. The SMILES string of the molecule is c1cc2c3[nH]cnc3ncn2c1. The highest BCUT2D eigenvalue weighted by molar-refractivity contribution is 5.87. The molecule has 0 saturated heterocycles. The van der Waals surface area contributed by atoms with Crippen molar-refractivity contribution in [1.29, 1.82) is 0 Å². The molecule has 0 aliphatic carbocycles. The number of fused-ring (bicyclic) bond motifs is 3. The van der Waals surface area contributed by atoms with Crippen LogP contribution in [0.1, 0.15) is 0 Å². The highest BCUT2D eigenvalue weighted by Crippen LogP contribution is 2.13. The van der Waals surface area contributed by atoms with Gasteiger partial charge in [-0.25, -0.2) is 9.97 Å². The number of H-pyrrole nitrogens is 1. The maximum atomic E-state index is 4.16. The van der Waals surface area contributed by atoms with Crippen molar-refractivity contribution in [2.45, 2.75) is 0 Å². The van der Waals surface area contributed by atoms with E-state index < -0.39 is 0 Å². The lowest BCUT2D eigenvalue weighted by Crippen LogP contribution is -1.85. The standard InChI is InChI=1S/C8H6N4/c1-2-6-7-8(10-4-9-7)11-5-12(6)3-1/h1-5H,(H,9,10). The third kappa shape index (κ3) is 0.567. The van der Waals surface area contributed by atoms with Gasteiger partial charge in [-0.3, -0.25) is 0 Å². The lowest BCUT2D eigenvalue weighted by molar-refractivity contribution is 1.12. The predicted molar refractivity (Wildman–Crippen MR) is 44.8 cm³/mol. The second kappa shape index (κ2) is 1.85. The van der Waals surface area contributed by atoms with Crippen LogP contribution >= 0.6 is 0 Å². The molecule has 3 aromatic rings. The normalized spacial score (nSPS) is 11.3. The Morgan fingerprint density at radius 3 is 3.33 bits per heavy atom. The van der Waals surface area contributed by atoms with Crippen molar-refractivity contribution >= 4 is 16.7 Å². The van der Waals surface area contributed by atoms with Gasteiger partial charge in [0.2, 0.25) is 0 Å². The highest BCUT2D eigenvalue weighted by Gasteiger charge is 2.01.